The third-order valence-corrected chi connectivity index (χ3v) is 3.98. The number of aryl methyl sites for hydroxylation is 1. The van der Waals surface area contributed by atoms with Crippen LogP contribution in [0.5, 0.6) is 0 Å². The summed E-state index contributed by atoms with van der Waals surface area (Å²) in [6.45, 7) is 6.58. The number of unbranched alkanes of at least 4 members (excludes halogenated alkanes) is 1. The van der Waals surface area contributed by atoms with Gasteiger partial charge in [-0.25, -0.2) is 0 Å². The first kappa shape index (κ1) is 14.5. The van der Waals surface area contributed by atoms with Crippen molar-refractivity contribution in [1.82, 2.24) is 4.98 Å². The first-order chi connectivity index (χ1) is 8.19. The Kier molecular flexibility index (Phi) is 6.57. The standard InChI is InChI=1S/C15H24ClN/c1-4-6-9-13(5-2)14(16)11-15-12(3)8-7-10-17-15/h7-8,10,13-14H,4-6,9,11H2,1-3H3. The van der Waals surface area contributed by atoms with Crippen LogP contribution in [0, 0.1) is 12.8 Å². The lowest BCUT2D eigenvalue weighted by Crippen LogP contribution is -2.18. The SMILES string of the molecule is CCCCC(CC)C(Cl)Cc1ncccc1C. The molecule has 1 aromatic rings. The zero-order valence-electron chi connectivity index (χ0n) is 11.2. The van der Waals surface area contributed by atoms with Crippen molar-refractivity contribution >= 4 is 11.6 Å². The second-order valence-corrected chi connectivity index (χ2v) is 5.36. The molecular formula is C15H24ClN. The average Bonchev–Trinajstić information content (AvgIpc) is 2.33. The van der Waals surface area contributed by atoms with E-state index in [0.29, 0.717) is 5.92 Å². The third kappa shape index (κ3) is 4.67. The molecule has 0 aliphatic rings. The number of nitrogens with zero attached hydrogens (tertiary/aromatic N) is 1. The van der Waals surface area contributed by atoms with Crippen LogP contribution in [0.1, 0.15) is 50.8 Å². The molecule has 96 valence electrons. The lowest BCUT2D eigenvalue weighted by Gasteiger charge is -2.21. The van der Waals surface area contributed by atoms with Crippen molar-refractivity contribution in [3.8, 4) is 0 Å². The van der Waals surface area contributed by atoms with E-state index in [-0.39, 0.29) is 5.38 Å². The maximum Gasteiger partial charge on any atom is 0.0447 e. The van der Waals surface area contributed by atoms with Crippen LogP contribution in [-0.4, -0.2) is 10.4 Å². The van der Waals surface area contributed by atoms with Gasteiger partial charge >= 0.3 is 0 Å². The minimum atomic E-state index is 0.222. The van der Waals surface area contributed by atoms with E-state index < -0.39 is 0 Å². The Balaban J connectivity index is 2.57. The summed E-state index contributed by atoms with van der Waals surface area (Å²) in [6, 6.07) is 4.09. The van der Waals surface area contributed by atoms with Gasteiger partial charge in [0.1, 0.15) is 0 Å². The number of aromatic nitrogens is 1. The Morgan fingerprint density at radius 1 is 1.35 bits per heavy atom. The summed E-state index contributed by atoms with van der Waals surface area (Å²) in [5, 5.41) is 0.222. The van der Waals surface area contributed by atoms with Crippen LogP contribution in [0.2, 0.25) is 0 Å². The number of hydrogen-bond acceptors (Lipinski definition) is 1. The molecule has 1 aromatic heterocycles. The highest BCUT2D eigenvalue weighted by Crippen LogP contribution is 2.24. The lowest BCUT2D eigenvalue weighted by atomic mass is 9.92. The zero-order chi connectivity index (χ0) is 12.7. The highest BCUT2D eigenvalue weighted by Gasteiger charge is 2.18. The molecule has 0 saturated carbocycles. The van der Waals surface area contributed by atoms with E-state index >= 15 is 0 Å². The molecule has 1 heterocycles. The van der Waals surface area contributed by atoms with Gasteiger partial charge in [-0.05, 0) is 30.9 Å². The Morgan fingerprint density at radius 2 is 2.12 bits per heavy atom. The van der Waals surface area contributed by atoms with Crippen LogP contribution in [0.3, 0.4) is 0 Å². The summed E-state index contributed by atoms with van der Waals surface area (Å²) < 4.78 is 0. The molecule has 0 fully saturated rings. The molecule has 0 aliphatic carbocycles. The molecule has 0 saturated heterocycles. The smallest absolute Gasteiger partial charge is 0.0447 e. The minimum Gasteiger partial charge on any atom is -0.261 e. The van der Waals surface area contributed by atoms with Crippen molar-refractivity contribution in [3.63, 3.8) is 0 Å². The normalized spacial score (nSPS) is 14.6. The number of halogens is 1. The molecule has 2 heteroatoms. The van der Waals surface area contributed by atoms with Crippen LogP contribution in [0.4, 0.5) is 0 Å². The van der Waals surface area contributed by atoms with E-state index in [9.17, 15) is 0 Å². The first-order valence-electron chi connectivity index (χ1n) is 6.73. The van der Waals surface area contributed by atoms with Gasteiger partial charge in [-0.1, -0.05) is 39.2 Å². The van der Waals surface area contributed by atoms with Crippen molar-refractivity contribution in [2.75, 3.05) is 0 Å². The number of alkyl halides is 1. The molecule has 2 atom stereocenters. The Hall–Kier alpha value is -0.560. The second-order valence-electron chi connectivity index (χ2n) is 4.80. The van der Waals surface area contributed by atoms with E-state index in [0.717, 1.165) is 12.1 Å². The van der Waals surface area contributed by atoms with Crippen molar-refractivity contribution < 1.29 is 0 Å². The quantitative estimate of drug-likeness (QED) is 0.639. The third-order valence-electron chi connectivity index (χ3n) is 3.47. The van der Waals surface area contributed by atoms with E-state index in [1.54, 1.807) is 0 Å². The topological polar surface area (TPSA) is 12.9 Å². The highest BCUT2D eigenvalue weighted by molar-refractivity contribution is 6.20. The van der Waals surface area contributed by atoms with E-state index in [1.165, 1.54) is 31.2 Å². The molecule has 1 rings (SSSR count). The van der Waals surface area contributed by atoms with Crippen LogP contribution in [-0.2, 0) is 6.42 Å². The van der Waals surface area contributed by atoms with E-state index in [4.69, 9.17) is 11.6 Å². The number of pyridine rings is 1. The van der Waals surface area contributed by atoms with E-state index in [2.05, 4.69) is 31.8 Å². The molecule has 0 amide bonds. The molecular weight excluding hydrogens is 230 g/mol. The van der Waals surface area contributed by atoms with Gasteiger partial charge in [-0.3, -0.25) is 4.98 Å². The van der Waals surface area contributed by atoms with Gasteiger partial charge in [0.05, 0.1) is 0 Å². The van der Waals surface area contributed by atoms with Crippen molar-refractivity contribution in [2.24, 2.45) is 5.92 Å². The molecule has 0 N–H and O–H groups in total. The Morgan fingerprint density at radius 3 is 2.71 bits per heavy atom. The highest BCUT2D eigenvalue weighted by atomic mass is 35.5. The molecule has 17 heavy (non-hydrogen) atoms. The molecule has 2 unspecified atom stereocenters. The van der Waals surface area contributed by atoms with Gasteiger partial charge in [0.2, 0.25) is 0 Å². The van der Waals surface area contributed by atoms with Crippen LogP contribution in [0.25, 0.3) is 0 Å². The zero-order valence-corrected chi connectivity index (χ0v) is 12.0. The number of hydrogen-bond donors (Lipinski definition) is 0. The monoisotopic (exact) mass is 253 g/mol. The summed E-state index contributed by atoms with van der Waals surface area (Å²) in [7, 11) is 0. The summed E-state index contributed by atoms with van der Waals surface area (Å²) in [5.74, 6) is 0.623. The van der Waals surface area contributed by atoms with Crippen LogP contribution >= 0.6 is 11.6 Å². The van der Waals surface area contributed by atoms with Crippen molar-refractivity contribution in [2.45, 2.75) is 58.3 Å². The first-order valence-corrected chi connectivity index (χ1v) is 7.17. The fourth-order valence-electron chi connectivity index (χ4n) is 2.19. The number of rotatable bonds is 7. The van der Waals surface area contributed by atoms with Gasteiger partial charge in [0, 0.05) is 23.7 Å². The molecule has 0 bridgehead atoms. The summed E-state index contributed by atoms with van der Waals surface area (Å²) in [5.41, 5.74) is 2.41. The van der Waals surface area contributed by atoms with Crippen molar-refractivity contribution in [1.29, 1.82) is 0 Å². The van der Waals surface area contributed by atoms with Gasteiger partial charge < -0.3 is 0 Å². The van der Waals surface area contributed by atoms with Crippen molar-refractivity contribution in [3.05, 3.63) is 29.6 Å². The van der Waals surface area contributed by atoms with Gasteiger partial charge in [0.15, 0.2) is 0 Å². The Bertz CT molecular complexity index is 324. The van der Waals surface area contributed by atoms with Gasteiger partial charge in [0.25, 0.3) is 0 Å². The maximum absolute atomic E-state index is 6.55. The molecule has 0 aromatic carbocycles. The maximum atomic E-state index is 6.55. The van der Waals surface area contributed by atoms with Crippen LogP contribution in [0.15, 0.2) is 18.3 Å². The summed E-state index contributed by atoms with van der Waals surface area (Å²) in [4.78, 5) is 4.43. The minimum absolute atomic E-state index is 0.222. The summed E-state index contributed by atoms with van der Waals surface area (Å²) in [6.07, 6.45) is 7.70. The fourth-order valence-corrected chi connectivity index (χ4v) is 2.64. The van der Waals surface area contributed by atoms with Crippen LogP contribution < -0.4 is 0 Å². The van der Waals surface area contributed by atoms with Gasteiger partial charge in [-0.15, -0.1) is 11.6 Å². The van der Waals surface area contributed by atoms with Gasteiger partial charge in [-0.2, -0.15) is 0 Å². The lowest BCUT2D eigenvalue weighted by molar-refractivity contribution is 0.426. The molecule has 0 radical (unpaired) electrons. The summed E-state index contributed by atoms with van der Waals surface area (Å²) >= 11 is 6.55. The molecule has 0 spiro atoms. The fraction of sp³-hybridized carbons (Fsp3) is 0.667. The predicted octanol–water partition coefficient (Wildman–Crippen LogP) is 4.76. The Labute approximate surface area is 111 Å². The second kappa shape index (κ2) is 7.71. The molecule has 0 aliphatic heterocycles. The molecule has 1 nitrogen and oxygen atoms in total. The largest absolute Gasteiger partial charge is 0.261 e. The predicted molar refractivity (Wildman–Crippen MR) is 75.6 cm³/mol. The average molecular weight is 254 g/mol. The van der Waals surface area contributed by atoms with E-state index in [1.807, 2.05) is 12.3 Å².